The van der Waals surface area contributed by atoms with Crippen LogP contribution in [-0.4, -0.2) is 29.1 Å². The fourth-order valence-corrected chi connectivity index (χ4v) is 2.81. The molecule has 5 nitrogen and oxygen atoms in total. The molecule has 0 spiro atoms. The Bertz CT molecular complexity index is 367. The number of carboxylic acid groups (broad SMARTS) is 1. The molecule has 0 bridgehead atoms. The summed E-state index contributed by atoms with van der Waals surface area (Å²) in [4.78, 5) is 23.2. The molecule has 0 radical (unpaired) electrons. The van der Waals surface area contributed by atoms with Gasteiger partial charge in [0, 0.05) is 12.1 Å². The largest absolute Gasteiger partial charge is 0.481 e. The zero-order chi connectivity index (χ0) is 13.1. The van der Waals surface area contributed by atoms with Crippen molar-refractivity contribution in [2.75, 3.05) is 0 Å². The Balaban J connectivity index is 1.93. The van der Waals surface area contributed by atoms with Gasteiger partial charge in [0.05, 0.1) is 11.8 Å². The van der Waals surface area contributed by atoms with Gasteiger partial charge in [-0.3, -0.25) is 9.59 Å². The third-order valence-electron chi connectivity index (χ3n) is 3.86. The Morgan fingerprint density at radius 2 is 1.94 bits per heavy atom. The summed E-state index contributed by atoms with van der Waals surface area (Å²) in [6.45, 7) is 0. The van der Waals surface area contributed by atoms with E-state index < -0.39 is 11.9 Å². The predicted octanol–water partition coefficient (Wildman–Crippen LogP) is 0.649. The van der Waals surface area contributed by atoms with Gasteiger partial charge in [0.2, 0.25) is 5.91 Å². The average Bonchev–Trinajstić information content (AvgIpc) is 2.76. The van der Waals surface area contributed by atoms with Crippen molar-refractivity contribution in [1.82, 2.24) is 5.32 Å². The first-order chi connectivity index (χ1) is 8.58. The van der Waals surface area contributed by atoms with E-state index in [0.717, 1.165) is 19.3 Å². The Morgan fingerprint density at radius 3 is 2.56 bits per heavy atom. The summed E-state index contributed by atoms with van der Waals surface area (Å²) in [7, 11) is 0. The highest BCUT2D eigenvalue weighted by molar-refractivity contribution is 5.82. The van der Waals surface area contributed by atoms with Gasteiger partial charge in [-0.15, -0.1) is 0 Å². The molecule has 2 aliphatic rings. The number of hydrogen-bond acceptors (Lipinski definition) is 3. The van der Waals surface area contributed by atoms with Crippen LogP contribution >= 0.6 is 0 Å². The van der Waals surface area contributed by atoms with E-state index in [4.69, 9.17) is 10.8 Å². The van der Waals surface area contributed by atoms with Crippen LogP contribution in [0.2, 0.25) is 0 Å². The minimum Gasteiger partial charge on any atom is -0.481 e. The highest BCUT2D eigenvalue weighted by Gasteiger charge is 2.33. The summed E-state index contributed by atoms with van der Waals surface area (Å²) in [5.74, 6) is -1.53. The standard InChI is InChI=1S/C13H20N2O3/c14-9-6-5-8(7-9)12(16)15-11-4-2-1-3-10(11)13(17)18/h5-6,8-11H,1-4,7,14H2,(H,15,16)(H,17,18). The molecule has 0 heterocycles. The minimum atomic E-state index is -0.807. The smallest absolute Gasteiger partial charge is 0.308 e. The van der Waals surface area contributed by atoms with Crippen LogP contribution < -0.4 is 11.1 Å². The number of rotatable bonds is 3. The second kappa shape index (κ2) is 5.52. The first kappa shape index (κ1) is 13.1. The average molecular weight is 252 g/mol. The van der Waals surface area contributed by atoms with Gasteiger partial charge < -0.3 is 16.2 Å². The van der Waals surface area contributed by atoms with Gasteiger partial charge in [-0.2, -0.15) is 0 Å². The van der Waals surface area contributed by atoms with E-state index in [2.05, 4.69) is 5.32 Å². The third kappa shape index (κ3) is 2.90. The topological polar surface area (TPSA) is 92.4 Å². The molecule has 4 atom stereocenters. The van der Waals surface area contributed by atoms with E-state index in [-0.39, 0.29) is 23.9 Å². The lowest BCUT2D eigenvalue weighted by Crippen LogP contribution is -2.46. The molecule has 0 aliphatic heterocycles. The highest BCUT2D eigenvalue weighted by Crippen LogP contribution is 2.26. The first-order valence-corrected chi connectivity index (χ1v) is 6.55. The number of carbonyl (C=O) groups excluding carboxylic acids is 1. The van der Waals surface area contributed by atoms with Crippen LogP contribution in [-0.2, 0) is 9.59 Å². The van der Waals surface area contributed by atoms with Crippen LogP contribution in [0.25, 0.3) is 0 Å². The summed E-state index contributed by atoms with van der Waals surface area (Å²) in [6, 6.07) is -0.281. The molecule has 2 aliphatic carbocycles. The van der Waals surface area contributed by atoms with E-state index in [1.165, 1.54) is 0 Å². The number of aliphatic carboxylic acids is 1. The molecule has 4 N–H and O–H groups in total. The van der Waals surface area contributed by atoms with Crippen molar-refractivity contribution >= 4 is 11.9 Å². The van der Waals surface area contributed by atoms with Crippen molar-refractivity contribution in [3.63, 3.8) is 0 Å². The van der Waals surface area contributed by atoms with Crippen molar-refractivity contribution < 1.29 is 14.7 Å². The van der Waals surface area contributed by atoms with Crippen LogP contribution in [0.4, 0.5) is 0 Å². The molecule has 1 amide bonds. The molecule has 1 fully saturated rings. The van der Waals surface area contributed by atoms with Gasteiger partial charge >= 0.3 is 5.97 Å². The quantitative estimate of drug-likeness (QED) is 0.643. The number of carbonyl (C=O) groups is 2. The van der Waals surface area contributed by atoms with Gasteiger partial charge in [0.15, 0.2) is 0 Å². The van der Waals surface area contributed by atoms with Gasteiger partial charge in [-0.1, -0.05) is 25.0 Å². The lowest BCUT2D eigenvalue weighted by Gasteiger charge is -2.30. The van der Waals surface area contributed by atoms with Crippen molar-refractivity contribution in [3.05, 3.63) is 12.2 Å². The molecule has 100 valence electrons. The number of hydrogen-bond donors (Lipinski definition) is 3. The summed E-state index contributed by atoms with van der Waals surface area (Å²) < 4.78 is 0. The molecule has 18 heavy (non-hydrogen) atoms. The van der Waals surface area contributed by atoms with Gasteiger partial charge in [-0.05, 0) is 19.3 Å². The molecule has 2 rings (SSSR count). The summed E-state index contributed by atoms with van der Waals surface area (Å²) in [5.41, 5.74) is 5.71. The molecule has 5 heteroatoms. The fourth-order valence-electron chi connectivity index (χ4n) is 2.81. The van der Waals surface area contributed by atoms with E-state index in [0.29, 0.717) is 12.8 Å². The van der Waals surface area contributed by atoms with Gasteiger partial charge in [-0.25, -0.2) is 0 Å². The predicted molar refractivity (Wildman–Crippen MR) is 66.7 cm³/mol. The molecule has 0 aromatic heterocycles. The molecule has 4 unspecified atom stereocenters. The lowest BCUT2D eigenvalue weighted by molar-refractivity contribution is -0.144. The van der Waals surface area contributed by atoms with E-state index in [1.54, 1.807) is 0 Å². The zero-order valence-electron chi connectivity index (χ0n) is 10.3. The number of nitrogens with one attached hydrogen (secondary N) is 1. The number of amides is 1. The molecule has 0 aromatic rings. The van der Waals surface area contributed by atoms with Gasteiger partial charge in [0.1, 0.15) is 0 Å². The first-order valence-electron chi connectivity index (χ1n) is 6.55. The van der Waals surface area contributed by atoms with Crippen LogP contribution in [0.5, 0.6) is 0 Å². The normalized spacial score (nSPS) is 35.4. The highest BCUT2D eigenvalue weighted by atomic mass is 16.4. The van der Waals surface area contributed by atoms with Crippen molar-refractivity contribution in [2.24, 2.45) is 17.6 Å². The van der Waals surface area contributed by atoms with Crippen LogP contribution in [0.15, 0.2) is 12.2 Å². The molecular formula is C13H20N2O3. The number of carboxylic acids is 1. The Morgan fingerprint density at radius 1 is 1.22 bits per heavy atom. The maximum Gasteiger partial charge on any atom is 0.308 e. The SMILES string of the molecule is NC1C=CC(C(=O)NC2CCCCC2C(=O)O)C1. The molecular weight excluding hydrogens is 232 g/mol. The summed E-state index contributed by atoms with van der Waals surface area (Å²) in [5, 5.41) is 12.0. The van der Waals surface area contributed by atoms with E-state index >= 15 is 0 Å². The summed E-state index contributed by atoms with van der Waals surface area (Å²) in [6.07, 6.45) is 7.59. The van der Waals surface area contributed by atoms with E-state index in [9.17, 15) is 9.59 Å². The molecule has 1 saturated carbocycles. The summed E-state index contributed by atoms with van der Waals surface area (Å²) >= 11 is 0. The van der Waals surface area contributed by atoms with Crippen LogP contribution in [0.3, 0.4) is 0 Å². The lowest BCUT2D eigenvalue weighted by atomic mass is 9.84. The monoisotopic (exact) mass is 252 g/mol. The second-order valence-corrected chi connectivity index (χ2v) is 5.24. The second-order valence-electron chi connectivity index (χ2n) is 5.24. The van der Waals surface area contributed by atoms with Crippen LogP contribution in [0.1, 0.15) is 32.1 Å². The maximum atomic E-state index is 12.0. The Kier molecular flexibility index (Phi) is 4.01. The number of nitrogens with two attached hydrogens (primary N) is 1. The molecule has 0 saturated heterocycles. The Hall–Kier alpha value is -1.36. The zero-order valence-corrected chi connectivity index (χ0v) is 10.3. The van der Waals surface area contributed by atoms with Crippen molar-refractivity contribution in [3.8, 4) is 0 Å². The maximum absolute atomic E-state index is 12.0. The van der Waals surface area contributed by atoms with Crippen molar-refractivity contribution in [1.29, 1.82) is 0 Å². The van der Waals surface area contributed by atoms with Gasteiger partial charge in [0.25, 0.3) is 0 Å². The van der Waals surface area contributed by atoms with Crippen LogP contribution in [0, 0.1) is 11.8 Å². The fraction of sp³-hybridized carbons (Fsp3) is 0.692. The Labute approximate surface area is 106 Å². The molecule has 0 aromatic carbocycles. The minimum absolute atomic E-state index is 0.0534. The van der Waals surface area contributed by atoms with E-state index in [1.807, 2.05) is 12.2 Å². The van der Waals surface area contributed by atoms with Crippen molar-refractivity contribution in [2.45, 2.75) is 44.2 Å². The third-order valence-corrected chi connectivity index (χ3v) is 3.86.